The van der Waals surface area contributed by atoms with Crippen molar-refractivity contribution in [3.63, 3.8) is 0 Å². The van der Waals surface area contributed by atoms with Gasteiger partial charge in [-0.15, -0.1) is 12.4 Å². The number of pyridine rings is 1. The Kier molecular flexibility index (Phi) is 6.17. The Morgan fingerprint density at radius 2 is 2.04 bits per heavy atom. The Balaban J connectivity index is 0.00000208. The number of likely N-dealkylation sites (tertiary alicyclic amines) is 1. The highest BCUT2D eigenvalue weighted by Crippen LogP contribution is 2.24. The van der Waals surface area contributed by atoms with E-state index in [0.717, 1.165) is 26.1 Å². The maximum absolute atomic E-state index is 11.4. The molecule has 0 radical (unpaired) electrons. The van der Waals surface area contributed by atoms with Gasteiger partial charge in [-0.1, -0.05) is 30.3 Å². The fraction of sp³-hybridized carbons (Fsp3) is 0.333. The summed E-state index contributed by atoms with van der Waals surface area (Å²) in [5.41, 5.74) is 1.57. The van der Waals surface area contributed by atoms with Crippen molar-refractivity contribution in [2.75, 3.05) is 25.0 Å². The molecule has 128 valence electrons. The van der Waals surface area contributed by atoms with Gasteiger partial charge < -0.3 is 10.0 Å². The summed E-state index contributed by atoms with van der Waals surface area (Å²) < 4.78 is 0. The lowest BCUT2D eigenvalue weighted by atomic mass is 10.2. The average molecular weight is 348 g/mol. The third-order valence-corrected chi connectivity index (χ3v) is 4.40. The van der Waals surface area contributed by atoms with Gasteiger partial charge in [0.25, 0.3) is 0 Å². The number of aromatic carboxylic acids is 1. The first-order valence-electron chi connectivity index (χ1n) is 7.82. The number of nitrogens with zero attached hydrogens (tertiary/aromatic N) is 3. The van der Waals surface area contributed by atoms with Gasteiger partial charge in [0.15, 0.2) is 0 Å². The zero-order chi connectivity index (χ0) is 16.2. The summed E-state index contributed by atoms with van der Waals surface area (Å²) >= 11 is 0. The van der Waals surface area contributed by atoms with Crippen molar-refractivity contribution in [1.29, 1.82) is 0 Å². The molecular formula is C18H22ClN3O2. The number of rotatable bonds is 5. The summed E-state index contributed by atoms with van der Waals surface area (Å²) in [7, 11) is 1.94. The summed E-state index contributed by atoms with van der Waals surface area (Å²) in [6.45, 7) is 2.86. The van der Waals surface area contributed by atoms with E-state index in [-0.39, 0.29) is 24.0 Å². The van der Waals surface area contributed by atoms with E-state index in [4.69, 9.17) is 0 Å². The molecule has 5 nitrogen and oxygen atoms in total. The molecule has 0 aliphatic carbocycles. The molecule has 0 unspecified atom stereocenters. The fourth-order valence-electron chi connectivity index (χ4n) is 3.13. The number of likely N-dealkylation sites (N-methyl/N-ethyl adjacent to an activating group) is 1. The third-order valence-electron chi connectivity index (χ3n) is 4.40. The van der Waals surface area contributed by atoms with Crippen LogP contribution in [0.2, 0.25) is 0 Å². The molecule has 24 heavy (non-hydrogen) atoms. The highest BCUT2D eigenvalue weighted by atomic mass is 35.5. The van der Waals surface area contributed by atoms with E-state index in [9.17, 15) is 9.90 Å². The molecule has 1 aliphatic heterocycles. The van der Waals surface area contributed by atoms with Crippen LogP contribution < -0.4 is 4.90 Å². The first-order valence-corrected chi connectivity index (χ1v) is 7.82. The molecule has 0 amide bonds. The Hall–Kier alpha value is -2.11. The first kappa shape index (κ1) is 18.2. The maximum atomic E-state index is 11.4. The predicted molar refractivity (Wildman–Crippen MR) is 97.0 cm³/mol. The second kappa shape index (κ2) is 8.13. The minimum absolute atomic E-state index is 0. The molecule has 1 aromatic carbocycles. The minimum Gasteiger partial charge on any atom is -0.478 e. The Bertz CT molecular complexity index is 681. The van der Waals surface area contributed by atoms with Crippen molar-refractivity contribution in [3.05, 3.63) is 59.8 Å². The monoisotopic (exact) mass is 347 g/mol. The van der Waals surface area contributed by atoms with Gasteiger partial charge in [0, 0.05) is 38.9 Å². The van der Waals surface area contributed by atoms with E-state index in [1.165, 1.54) is 5.56 Å². The second-order valence-electron chi connectivity index (χ2n) is 5.95. The molecule has 1 N–H and O–H groups in total. The second-order valence-corrected chi connectivity index (χ2v) is 5.95. The van der Waals surface area contributed by atoms with Crippen LogP contribution in [0.5, 0.6) is 0 Å². The Morgan fingerprint density at radius 3 is 2.75 bits per heavy atom. The molecular weight excluding hydrogens is 326 g/mol. The van der Waals surface area contributed by atoms with Crippen molar-refractivity contribution in [3.8, 4) is 0 Å². The normalized spacial score (nSPS) is 17.3. The molecule has 1 saturated heterocycles. The number of carboxylic acids is 1. The van der Waals surface area contributed by atoms with E-state index in [2.05, 4.69) is 34.1 Å². The third kappa shape index (κ3) is 4.04. The lowest BCUT2D eigenvalue weighted by Crippen LogP contribution is -2.36. The summed E-state index contributed by atoms with van der Waals surface area (Å²) in [4.78, 5) is 20.1. The lowest BCUT2D eigenvalue weighted by Gasteiger charge is -2.27. The molecule has 1 atom stereocenters. The van der Waals surface area contributed by atoms with Crippen LogP contribution in [-0.4, -0.2) is 47.1 Å². The highest BCUT2D eigenvalue weighted by Gasteiger charge is 2.28. The van der Waals surface area contributed by atoms with E-state index >= 15 is 0 Å². The van der Waals surface area contributed by atoms with Crippen molar-refractivity contribution < 1.29 is 9.90 Å². The molecule has 0 saturated carbocycles. The summed E-state index contributed by atoms with van der Waals surface area (Å²) in [6, 6.07) is 14.0. The van der Waals surface area contributed by atoms with E-state index in [1.807, 2.05) is 18.0 Å². The van der Waals surface area contributed by atoms with Crippen molar-refractivity contribution in [2.24, 2.45) is 0 Å². The Labute approximate surface area is 148 Å². The molecule has 3 rings (SSSR count). The van der Waals surface area contributed by atoms with Crippen molar-refractivity contribution in [2.45, 2.75) is 19.0 Å². The van der Waals surface area contributed by atoms with Gasteiger partial charge in [-0.25, -0.2) is 9.78 Å². The average Bonchev–Trinajstić information content (AvgIpc) is 3.03. The highest BCUT2D eigenvalue weighted by molar-refractivity contribution is 5.93. The first-order chi connectivity index (χ1) is 11.1. The number of hydrogen-bond donors (Lipinski definition) is 1. The number of benzene rings is 1. The van der Waals surface area contributed by atoms with E-state index in [0.29, 0.717) is 5.82 Å². The smallest absolute Gasteiger partial charge is 0.339 e. The molecule has 2 aromatic rings. The van der Waals surface area contributed by atoms with Gasteiger partial charge in [0.05, 0.1) is 0 Å². The van der Waals surface area contributed by atoms with Crippen LogP contribution in [0.4, 0.5) is 5.82 Å². The number of hydrogen-bond acceptors (Lipinski definition) is 4. The topological polar surface area (TPSA) is 56.7 Å². The summed E-state index contributed by atoms with van der Waals surface area (Å²) in [6.07, 6.45) is 2.66. The molecule has 2 heterocycles. The zero-order valence-corrected chi connectivity index (χ0v) is 14.4. The van der Waals surface area contributed by atoms with Gasteiger partial charge in [-0.2, -0.15) is 0 Å². The molecule has 1 fully saturated rings. The largest absolute Gasteiger partial charge is 0.478 e. The van der Waals surface area contributed by atoms with Crippen molar-refractivity contribution >= 4 is 24.2 Å². The van der Waals surface area contributed by atoms with Crippen LogP contribution in [0, 0.1) is 0 Å². The number of anilines is 1. The molecule has 1 aromatic heterocycles. The van der Waals surface area contributed by atoms with Crippen LogP contribution in [0.3, 0.4) is 0 Å². The quantitative estimate of drug-likeness (QED) is 0.901. The van der Waals surface area contributed by atoms with E-state index < -0.39 is 5.97 Å². The molecule has 0 bridgehead atoms. The van der Waals surface area contributed by atoms with Crippen LogP contribution in [0.15, 0.2) is 48.7 Å². The summed E-state index contributed by atoms with van der Waals surface area (Å²) in [5.74, 6) is -0.384. The molecule has 6 heteroatoms. The van der Waals surface area contributed by atoms with Crippen LogP contribution >= 0.6 is 12.4 Å². The lowest BCUT2D eigenvalue weighted by molar-refractivity contribution is 0.0697. The number of carboxylic acid groups (broad SMARTS) is 1. The van der Waals surface area contributed by atoms with Gasteiger partial charge in [0.1, 0.15) is 11.4 Å². The van der Waals surface area contributed by atoms with Gasteiger partial charge >= 0.3 is 5.97 Å². The SMILES string of the molecule is CN(c1ncccc1C(=O)O)[C@@H]1CCN(Cc2ccccc2)C1.Cl. The fourth-order valence-corrected chi connectivity index (χ4v) is 3.13. The van der Waals surface area contributed by atoms with E-state index in [1.54, 1.807) is 18.3 Å². The summed E-state index contributed by atoms with van der Waals surface area (Å²) in [5, 5.41) is 9.33. The molecule has 0 spiro atoms. The maximum Gasteiger partial charge on any atom is 0.339 e. The number of carbonyl (C=O) groups is 1. The number of halogens is 1. The van der Waals surface area contributed by atoms with Crippen LogP contribution in [0.25, 0.3) is 0 Å². The van der Waals surface area contributed by atoms with Gasteiger partial charge in [-0.05, 0) is 24.1 Å². The van der Waals surface area contributed by atoms with Crippen LogP contribution in [0.1, 0.15) is 22.3 Å². The van der Waals surface area contributed by atoms with Crippen LogP contribution in [-0.2, 0) is 6.54 Å². The van der Waals surface area contributed by atoms with Gasteiger partial charge in [0.2, 0.25) is 0 Å². The molecule has 1 aliphatic rings. The number of aromatic nitrogens is 1. The Morgan fingerprint density at radius 1 is 1.29 bits per heavy atom. The zero-order valence-electron chi connectivity index (χ0n) is 13.6. The minimum atomic E-state index is -0.931. The standard InChI is InChI=1S/C18H21N3O2.ClH/c1-20(17-16(18(22)23)8-5-10-19-17)15-9-11-21(13-15)12-14-6-3-2-4-7-14;/h2-8,10,15H,9,11-13H2,1H3,(H,22,23);1H/t15-;/m1./s1. The van der Waals surface area contributed by atoms with Crippen molar-refractivity contribution in [1.82, 2.24) is 9.88 Å². The van der Waals surface area contributed by atoms with Gasteiger partial charge in [-0.3, -0.25) is 4.90 Å². The predicted octanol–water partition coefficient (Wildman–Crippen LogP) is 2.91.